The highest BCUT2D eigenvalue weighted by molar-refractivity contribution is 14.1. The predicted molar refractivity (Wildman–Crippen MR) is 109 cm³/mol. The molecule has 0 fully saturated rings. The third-order valence-electron chi connectivity index (χ3n) is 4.32. The molecule has 0 spiro atoms. The van der Waals surface area contributed by atoms with Crippen molar-refractivity contribution in [3.8, 4) is 0 Å². The van der Waals surface area contributed by atoms with E-state index in [1.807, 2.05) is 25.1 Å². The van der Waals surface area contributed by atoms with Crippen molar-refractivity contribution in [1.82, 2.24) is 0 Å². The molecule has 0 saturated carbocycles. The normalized spacial score (nSPS) is 19.2. The Labute approximate surface area is 168 Å². The Morgan fingerprint density at radius 3 is 2.56 bits per heavy atom. The fraction of sp³-hybridized carbons (Fsp3) is 0.263. The Hall–Kier alpha value is -1.25. The number of anilines is 1. The lowest BCUT2D eigenvalue weighted by atomic mass is 9.88. The number of fused-ring (bicyclic) bond motifs is 1. The Bertz CT molecular complexity index is 837. The SMILES string of the molecule is CCCN1C(=O)C(O)(CC(=O)c2ccc(I)cc2)c2cc(Br)ccc21. The smallest absolute Gasteiger partial charge is 0.264 e. The van der Waals surface area contributed by atoms with E-state index in [-0.39, 0.29) is 12.2 Å². The highest BCUT2D eigenvalue weighted by atomic mass is 127. The number of nitrogens with zero attached hydrogens (tertiary/aromatic N) is 1. The van der Waals surface area contributed by atoms with E-state index in [9.17, 15) is 14.7 Å². The lowest BCUT2D eigenvalue weighted by molar-refractivity contribution is -0.135. The van der Waals surface area contributed by atoms with Crippen molar-refractivity contribution in [2.24, 2.45) is 0 Å². The van der Waals surface area contributed by atoms with Crippen molar-refractivity contribution in [1.29, 1.82) is 0 Å². The van der Waals surface area contributed by atoms with Gasteiger partial charge in [-0.05, 0) is 59.3 Å². The van der Waals surface area contributed by atoms with Crippen LogP contribution in [0.5, 0.6) is 0 Å². The molecule has 3 rings (SSSR count). The maximum Gasteiger partial charge on any atom is 0.264 e. The van der Waals surface area contributed by atoms with E-state index in [1.165, 1.54) is 0 Å². The molecule has 2 aromatic rings. The van der Waals surface area contributed by atoms with Gasteiger partial charge in [0.2, 0.25) is 0 Å². The summed E-state index contributed by atoms with van der Waals surface area (Å²) < 4.78 is 1.78. The molecule has 0 aliphatic carbocycles. The van der Waals surface area contributed by atoms with Gasteiger partial charge in [-0.2, -0.15) is 0 Å². The molecule has 0 saturated heterocycles. The van der Waals surface area contributed by atoms with Gasteiger partial charge in [0.1, 0.15) is 0 Å². The van der Waals surface area contributed by atoms with Gasteiger partial charge in [-0.1, -0.05) is 35.0 Å². The second kappa shape index (κ2) is 7.17. The number of halogens is 2. The van der Waals surface area contributed by atoms with Crippen LogP contribution in [0.15, 0.2) is 46.9 Å². The van der Waals surface area contributed by atoms with E-state index in [0.717, 1.165) is 14.5 Å². The number of rotatable bonds is 5. The van der Waals surface area contributed by atoms with Crippen molar-refractivity contribution >= 4 is 55.9 Å². The average Bonchev–Trinajstić information content (AvgIpc) is 2.77. The molecule has 1 aliphatic heterocycles. The second-order valence-electron chi connectivity index (χ2n) is 6.09. The second-order valence-corrected chi connectivity index (χ2v) is 8.25. The Balaban J connectivity index is 1.99. The Morgan fingerprint density at radius 1 is 1.24 bits per heavy atom. The molecule has 1 unspecified atom stereocenters. The number of amides is 1. The first-order valence-corrected chi connectivity index (χ1v) is 9.87. The van der Waals surface area contributed by atoms with Gasteiger partial charge in [-0.3, -0.25) is 9.59 Å². The van der Waals surface area contributed by atoms with Crippen molar-refractivity contribution in [2.45, 2.75) is 25.4 Å². The molecule has 6 heteroatoms. The van der Waals surface area contributed by atoms with Crippen molar-refractivity contribution in [3.05, 3.63) is 61.6 Å². The number of carbonyl (C=O) groups is 2. The molecule has 2 aromatic carbocycles. The van der Waals surface area contributed by atoms with Crippen LogP contribution in [0.2, 0.25) is 0 Å². The van der Waals surface area contributed by atoms with Crippen molar-refractivity contribution < 1.29 is 14.7 Å². The van der Waals surface area contributed by atoms with E-state index >= 15 is 0 Å². The summed E-state index contributed by atoms with van der Waals surface area (Å²) in [6.45, 7) is 2.48. The minimum atomic E-state index is -1.83. The predicted octanol–water partition coefficient (Wildman–Crippen LogP) is 4.27. The number of ketones is 1. The molecule has 1 N–H and O–H groups in total. The first kappa shape index (κ1) is 18.5. The van der Waals surface area contributed by atoms with E-state index < -0.39 is 11.5 Å². The zero-order valence-electron chi connectivity index (χ0n) is 13.6. The van der Waals surface area contributed by atoms with Crippen LogP contribution in [0.3, 0.4) is 0 Å². The summed E-state index contributed by atoms with van der Waals surface area (Å²) in [6, 6.07) is 12.5. The number of Topliss-reactive ketones (excluding diaryl/α,β-unsaturated/α-hetero) is 1. The molecule has 0 aromatic heterocycles. The fourth-order valence-corrected chi connectivity index (χ4v) is 3.83. The third-order valence-corrected chi connectivity index (χ3v) is 5.54. The van der Waals surface area contributed by atoms with E-state index in [1.54, 1.807) is 29.2 Å². The minimum Gasteiger partial charge on any atom is -0.375 e. The molecule has 1 aliphatic rings. The van der Waals surface area contributed by atoms with Crippen LogP contribution in [0, 0.1) is 3.57 Å². The molecule has 0 bridgehead atoms. The van der Waals surface area contributed by atoms with E-state index in [0.29, 0.717) is 23.4 Å². The summed E-state index contributed by atoms with van der Waals surface area (Å²) >= 11 is 5.55. The number of carbonyl (C=O) groups excluding carboxylic acids is 2. The van der Waals surface area contributed by atoms with Gasteiger partial charge in [0.25, 0.3) is 5.91 Å². The third kappa shape index (κ3) is 3.39. The maximum absolute atomic E-state index is 12.9. The summed E-state index contributed by atoms with van der Waals surface area (Å²) in [5.74, 6) is -0.683. The van der Waals surface area contributed by atoms with Crippen LogP contribution in [0.25, 0.3) is 0 Å². The summed E-state index contributed by atoms with van der Waals surface area (Å²) in [7, 11) is 0. The van der Waals surface area contributed by atoms with E-state index in [4.69, 9.17) is 0 Å². The average molecular weight is 514 g/mol. The van der Waals surface area contributed by atoms with E-state index in [2.05, 4.69) is 38.5 Å². The highest BCUT2D eigenvalue weighted by Gasteiger charge is 2.50. The summed E-state index contributed by atoms with van der Waals surface area (Å²) in [4.78, 5) is 27.2. The maximum atomic E-state index is 12.9. The van der Waals surface area contributed by atoms with Gasteiger partial charge in [0, 0.05) is 25.7 Å². The van der Waals surface area contributed by atoms with Crippen LogP contribution < -0.4 is 4.90 Å². The van der Waals surface area contributed by atoms with Crippen molar-refractivity contribution in [2.75, 3.05) is 11.4 Å². The number of aliphatic hydroxyl groups is 1. The van der Waals surface area contributed by atoms with Gasteiger partial charge in [0.05, 0.1) is 12.1 Å². The van der Waals surface area contributed by atoms with Crippen LogP contribution in [0.4, 0.5) is 5.69 Å². The summed E-state index contributed by atoms with van der Waals surface area (Å²) in [5.41, 5.74) is -0.173. The van der Waals surface area contributed by atoms with Gasteiger partial charge < -0.3 is 10.0 Å². The molecule has 1 amide bonds. The van der Waals surface area contributed by atoms with Gasteiger partial charge in [-0.25, -0.2) is 0 Å². The monoisotopic (exact) mass is 513 g/mol. The fourth-order valence-electron chi connectivity index (χ4n) is 3.11. The molecular formula is C19H17BrINO3. The number of hydrogen-bond donors (Lipinski definition) is 1. The molecule has 1 heterocycles. The van der Waals surface area contributed by atoms with Crippen LogP contribution in [-0.4, -0.2) is 23.3 Å². The lowest BCUT2D eigenvalue weighted by Gasteiger charge is -2.22. The zero-order valence-corrected chi connectivity index (χ0v) is 17.4. The summed E-state index contributed by atoms with van der Waals surface area (Å²) in [5, 5.41) is 11.2. The molecular weight excluding hydrogens is 497 g/mol. The van der Waals surface area contributed by atoms with Crippen molar-refractivity contribution in [3.63, 3.8) is 0 Å². The molecule has 25 heavy (non-hydrogen) atoms. The minimum absolute atomic E-state index is 0.253. The van der Waals surface area contributed by atoms with Gasteiger partial charge in [0.15, 0.2) is 11.4 Å². The molecule has 0 radical (unpaired) electrons. The molecule has 1 atom stereocenters. The molecule has 130 valence electrons. The standard InChI is InChI=1S/C19H17BrINO3/c1-2-9-22-16-8-5-13(20)10-15(16)19(25,18(22)24)11-17(23)12-3-6-14(21)7-4-12/h3-8,10,25H,2,9,11H2,1H3. The zero-order chi connectivity index (χ0) is 18.2. The quantitative estimate of drug-likeness (QED) is 0.480. The Kier molecular flexibility index (Phi) is 5.31. The lowest BCUT2D eigenvalue weighted by Crippen LogP contribution is -2.42. The van der Waals surface area contributed by atoms with Crippen LogP contribution in [0.1, 0.15) is 35.7 Å². The van der Waals surface area contributed by atoms with Crippen LogP contribution >= 0.6 is 38.5 Å². The number of benzene rings is 2. The van der Waals surface area contributed by atoms with Gasteiger partial charge in [-0.15, -0.1) is 0 Å². The van der Waals surface area contributed by atoms with Gasteiger partial charge >= 0.3 is 0 Å². The van der Waals surface area contributed by atoms with Crippen LogP contribution in [-0.2, 0) is 10.4 Å². The largest absolute Gasteiger partial charge is 0.375 e. The topological polar surface area (TPSA) is 57.6 Å². The number of hydrogen-bond acceptors (Lipinski definition) is 3. The first-order valence-electron chi connectivity index (χ1n) is 8.00. The first-order chi connectivity index (χ1) is 11.9. The summed E-state index contributed by atoms with van der Waals surface area (Å²) in [6.07, 6.45) is 0.498. The Morgan fingerprint density at radius 2 is 1.92 bits per heavy atom. The highest BCUT2D eigenvalue weighted by Crippen LogP contribution is 2.44. The molecule has 4 nitrogen and oxygen atoms in total.